The summed E-state index contributed by atoms with van der Waals surface area (Å²) >= 11 is 5.41. The molecule has 0 aromatic heterocycles. The quantitative estimate of drug-likeness (QED) is 0.614. The average Bonchev–Trinajstić information content (AvgIpc) is 2.32. The van der Waals surface area contributed by atoms with Gasteiger partial charge >= 0.3 is 0 Å². The summed E-state index contributed by atoms with van der Waals surface area (Å²) in [6, 6.07) is 2.70. The van der Waals surface area contributed by atoms with Crippen molar-refractivity contribution in [2.45, 2.75) is 6.42 Å². The number of amides is 1. The van der Waals surface area contributed by atoms with Gasteiger partial charge in [-0.15, -0.1) is 11.6 Å². The number of hydrogen-bond acceptors (Lipinski definition) is 2. The Hall–Kier alpha value is -1.20. The first kappa shape index (κ1) is 14.9. The van der Waals surface area contributed by atoms with E-state index < -0.39 is 17.5 Å². The number of nitrogens with one attached hydrogen (secondary N) is 1. The lowest BCUT2D eigenvalue weighted by molar-refractivity contribution is 0.0943. The monoisotopic (exact) mass is 277 g/mol. The SMILES string of the molecule is O=C(NCCCOCCCl)c1cc(F)cc(F)c1. The molecule has 1 aromatic carbocycles. The van der Waals surface area contributed by atoms with Crippen molar-refractivity contribution >= 4 is 17.5 Å². The number of carbonyl (C=O) groups excluding carboxylic acids is 1. The van der Waals surface area contributed by atoms with E-state index in [1.165, 1.54) is 0 Å². The minimum Gasteiger partial charge on any atom is -0.380 e. The van der Waals surface area contributed by atoms with E-state index in [0.29, 0.717) is 32.1 Å². The highest BCUT2D eigenvalue weighted by atomic mass is 35.5. The van der Waals surface area contributed by atoms with Crippen LogP contribution in [0.25, 0.3) is 0 Å². The lowest BCUT2D eigenvalue weighted by Crippen LogP contribution is -2.25. The molecule has 0 saturated carbocycles. The van der Waals surface area contributed by atoms with Crippen molar-refractivity contribution in [1.82, 2.24) is 5.32 Å². The minimum absolute atomic E-state index is 0.0332. The molecule has 1 N–H and O–H groups in total. The Morgan fingerprint density at radius 3 is 2.50 bits per heavy atom. The molecule has 0 unspecified atom stereocenters. The van der Waals surface area contributed by atoms with Gasteiger partial charge in [0.05, 0.1) is 6.61 Å². The number of alkyl halides is 1. The molecule has 0 atom stereocenters. The van der Waals surface area contributed by atoms with Crippen LogP contribution in [0.2, 0.25) is 0 Å². The zero-order chi connectivity index (χ0) is 13.4. The van der Waals surface area contributed by atoms with E-state index in [1.54, 1.807) is 0 Å². The van der Waals surface area contributed by atoms with Crippen molar-refractivity contribution in [3.05, 3.63) is 35.4 Å². The van der Waals surface area contributed by atoms with Gasteiger partial charge in [-0.25, -0.2) is 8.78 Å². The van der Waals surface area contributed by atoms with Crippen LogP contribution in [-0.4, -0.2) is 31.5 Å². The third kappa shape index (κ3) is 5.42. The Labute approximate surface area is 109 Å². The van der Waals surface area contributed by atoms with E-state index in [2.05, 4.69) is 5.32 Å². The molecular formula is C12H14ClF2NO2. The van der Waals surface area contributed by atoms with Crippen LogP contribution in [0.1, 0.15) is 16.8 Å². The first-order chi connectivity index (χ1) is 8.63. The van der Waals surface area contributed by atoms with Crippen LogP contribution in [0.5, 0.6) is 0 Å². The summed E-state index contributed by atoms with van der Waals surface area (Å²) in [7, 11) is 0. The van der Waals surface area contributed by atoms with Gasteiger partial charge in [0.15, 0.2) is 0 Å². The lowest BCUT2D eigenvalue weighted by Gasteiger charge is -2.06. The van der Waals surface area contributed by atoms with Crippen molar-refractivity contribution in [2.24, 2.45) is 0 Å². The summed E-state index contributed by atoms with van der Waals surface area (Å²) in [6.07, 6.45) is 0.612. The third-order valence-corrected chi connectivity index (χ3v) is 2.25. The highest BCUT2D eigenvalue weighted by molar-refractivity contribution is 6.17. The highest BCUT2D eigenvalue weighted by Gasteiger charge is 2.08. The van der Waals surface area contributed by atoms with Crippen LogP contribution < -0.4 is 5.32 Å². The Balaban J connectivity index is 2.32. The van der Waals surface area contributed by atoms with E-state index in [0.717, 1.165) is 18.2 Å². The van der Waals surface area contributed by atoms with Gasteiger partial charge < -0.3 is 10.1 Å². The number of halogens is 3. The van der Waals surface area contributed by atoms with Crippen molar-refractivity contribution in [3.63, 3.8) is 0 Å². The van der Waals surface area contributed by atoms with Crippen LogP contribution in [-0.2, 0) is 4.74 Å². The Kier molecular flexibility index (Phi) is 6.60. The molecule has 6 heteroatoms. The molecule has 0 fully saturated rings. The highest BCUT2D eigenvalue weighted by Crippen LogP contribution is 2.07. The van der Waals surface area contributed by atoms with E-state index in [9.17, 15) is 13.6 Å². The maximum atomic E-state index is 12.9. The third-order valence-electron chi connectivity index (χ3n) is 2.10. The van der Waals surface area contributed by atoms with Gasteiger partial charge in [-0.1, -0.05) is 0 Å². The molecule has 1 amide bonds. The van der Waals surface area contributed by atoms with Crippen LogP contribution in [0.3, 0.4) is 0 Å². The molecule has 0 spiro atoms. The van der Waals surface area contributed by atoms with Crippen LogP contribution in [0.15, 0.2) is 18.2 Å². The molecule has 100 valence electrons. The Bertz CT molecular complexity index is 381. The van der Waals surface area contributed by atoms with Gasteiger partial charge in [0, 0.05) is 30.7 Å². The summed E-state index contributed by atoms with van der Waals surface area (Å²) < 4.78 is 30.8. The predicted molar refractivity (Wildman–Crippen MR) is 64.8 cm³/mol. The molecule has 18 heavy (non-hydrogen) atoms. The zero-order valence-corrected chi connectivity index (χ0v) is 10.5. The summed E-state index contributed by atoms with van der Waals surface area (Å²) in [5.41, 5.74) is -0.0332. The summed E-state index contributed by atoms with van der Waals surface area (Å²) in [4.78, 5) is 11.5. The molecule has 1 aromatic rings. The van der Waals surface area contributed by atoms with Crippen LogP contribution in [0.4, 0.5) is 8.78 Å². The molecule has 0 heterocycles. The molecule has 0 radical (unpaired) electrons. The summed E-state index contributed by atoms with van der Waals surface area (Å²) in [6.45, 7) is 1.31. The second kappa shape index (κ2) is 8.00. The second-order valence-electron chi connectivity index (χ2n) is 3.57. The van der Waals surface area contributed by atoms with Gasteiger partial charge in [-0.2, -0.15) is 0 Å². The maximum Gasteiger partial charge on any atom is 0.251 e. The van der Waals surface area contributed by atoms with Crippen molar-refractivity contribution in [3.8, 4) is 0 Å². The molecule has 0 bridgehead atoms. The van der Waals surface area contributed by atoms with Gasteiger partial charge in [0.25, 0.3) is 5.91 Å². The molecule has 0 aliphatic heterocycles. The van der Waals surface area contributed by atoms with Gasteiger partial charge in [0.2, 0.25) is 0 Å². The Morgan fingerprint density at radius 2 is 1.89 bits per heavy atom. The van der Waals surface area contributed by atoms with Crippen LogP contribution >= 0.6 is 11.6 Å². The molecule has 0 saturated heterocycles. The molecule has 0 aliphatic carbocycles. The van der Waals surface area contributed by atoms with Crippen molar-refractivity contribution in [2.75, 3.05) is 25.6 Å². The standard InChI is InChI=1S/C12H14ClF2NO2/c13-2-5-18-4-1-3-16-12(17)9-6-10(14)8-11(15)7-9/h6-8H,1-5H2,(H,16,17). The van der Waals surface area contributed by atoms with E-state index in [1.807, 2.05) is 0 Å². The first-order valence-corrected chi connectivity index (χ1v) is 6.05. The molecule has 0 aliphatic rings. The zero-order valence-electron chi connectivity index (χ0n) is 9.72. The average molecular weight is 278 g/mol. The summed E-state index contributed by atoms with van der Waals surface area (Å²) in [5, 5.41) is 2.55. The summed E-state index contributed by atoms with van der Waals surface area (Å²) in [5.74, 6) is -1.63. The molecule has 3 nitrogen and oxygen atoms in total. The number of carbonyl (C=O) groups is 1. The largest absolute Gasteiger partial charge is 0.380 e. The number of rotatable bonds is 7. The Morgan fingerprint density at radius 1 is 1.22 bits per heavy atom. The smallest absolute Gasteiger partial charge is 0.251 e. The first-order valence-electron chi connectivity index (χ1n) is 5.51. The topological polar surface area (TPSA) is 38.3 Å². The van der Waals surface area contributed by atoms with Crippen molar-refractivity contribution < 1.29 is 18.3 Å². The predicted octanol–water partition coefficient (Wildman–Crippen LogP) is 2.34. The molecule has 1 rings (SSSR count). The number of benzene rings is 1. The lowest BCUT2D eigenvalue weighted by atomic mass is 10.2. The number of ether oxygens (including phenoxy) is 1. The van der Waals surface area contributed by atoms with Gasteiger partial charge in [-0.05, 0) is 18.6 Å². The fraction of sp³-hybridized carbons (Fsp3) is 0.417. The van der Waals surface area contributed by atoms with Gasteiger partial charge in [-0.3, -0.25) is 4.79 Å². The van der Waals surface area contributed by atoms with E-state index in [4.69, 9.17) is 16.3 Å². The second-order valence-corrected chi connectivity index (χ2v) is 3.95. The number of hydrogen-bond donors (Lipinski definition) is 1. The minimum atomic E-state index is -0.773. The fourth-order valence-corrected chi connectivity index (χ4v) is 1.43. The molecular weight excluding hydrogens is 264 g/mol. The van der Waals surface area contributed by atoms with Crippen LogP contribution in [0, 0.1) is 11.6 Å². The fourth-order valence-electron chi connectivity index (χ4n) is 1.32. The van der Waals surface area contributed by atoms with E-state index in [-0.39, 0.29) is 5.56 Å². The van der Waals surface area contributed by atoms with E-state index >= 15 is 0 Å². The van der Waals surface area contributed by atoms with Crippen molar-refractivity contribution in [1.29, 1.82) is 0 Å². The normalized spacial score (nSPS) is 10.4. The maximum absolute atomic E-state index is 12.9. The van der Waals surface area contributed by atoms with Gasteiger partial charge in [0.1, 0.15) is 11.6 Å².